The molecule has 0 saturated heterocycles. The highest BCUT2D eigenvalue weighted by Crippen LogP contribution is 2.27. The van der Waals surface area contributed by atoms with Crippen molar-refractivity contribution < 1.29 is 14.3 Å². The Labute approximate surface area is 155 Å². The highest BCUT2D eigenvalue weighted by atomic mass is 16.5. The van der Waals surface area contributed by atoms with E-state index in [-0.39, 0.29) is 11.9 Å². The van der Waals surface area contributed by atoms with Crippen LogP contribution in [0.1, 0.15) is 18.1 Å². The molecule has 0 bridgehead atoms. The van der Waals surface area contributed by atoms with E-state index >= 15 is 0 Å². The fraction of sp³-hybridized carbons (Fsp3) is 0.381. The number of hydrogen-bond acceptors (Lipinski definition) is 4. The van der Waals surface area contributed by atoms with Gasteiger partial charge in [0.05, 0.1) is 20.3 Å². The van der Waals surface area contributed by atoms with Crippen LogP contribution in [0.4, 0.5) is 0 Å². The van der Waals surface area contributed by atoms with Crippen molar-refractivity contribution in [3.63, 3.8) is 0 Å². The van der Waals surface area contributed by atoms with E-state index in [4.69, 9.17) is 9.47 Å². The van der Waals surface area contributed by atoms with Crippen LogP contribution in [0.2, 0.25) is 0 Å². The average molecular weight is 356 g/mol. The zero-order valence-corrected chi connectivity index (χ0v) is 16.0. The van der Waals surface area contributed by atoms with Gasteiger partial charge in [0.1, 0.15) is 0 Å². The largest absolute Gasteiger partial charge is 0.493 e. The van der Waals surface area contributed by atoms with E-state index in [1.54, 1.807) is 14.2 Å². The summed E-state index contributed by atoms with van der Waals surface area (Å²) in [6.07, 6.45) is 0.737. The number of rotatable bonds is 9. The molecule has 0 radical (unpaired) electrons. The number of benzene rings is 2. The fourth-order valence-corrected chi connectivity index (χ4v) is 2.72. The van der Waals surface area contributed by atoms with Gasteiger partial charge >= 0.3 is 0 Å². The van der Waals surface area contributed by atoms with Crippen LogP contribution in [-0.2, 0) is 17.8 Å². The van der Waals surface area contributed by atoms with Crippen molar-refractivity contribution in [2.45, 2.75) is 25.9 Å². The van der Waals surface area contributed by atoms with Gasteiger partial charge in [-0.2, -0.15) is 0 Å². The number of amides is 1. The maximum absolute atomic E-state index is 12.4. The molecule has 0 aliphatic carbocycles. The molecule has 26 heavy (non-hydrogen) atoms. The highest BCUT2D eigenvalue weighted by Gasteiger charge is 2.17. The van der Waals surface area contributed by atoms with Gasteiger partial charge in [0.15, 0.2) is 11.5 Å². The molecular weight excluding hydrogens is 328 g/mol. The molecule has 2 aromatic rings. The quantitative estimate of drug-likeness (QED) is 0.751. The van der Waals surface area contributed by atoms with Gasteiger partial charge in [-0.1, -0.05) is 36.4 Å². The maximum Gasteiger partial charge on any atom is 0.237 e. The predicted molar refractivity (Wildman–Crippen MR) is 104 cm³/mol. The molecule has 0 saturated carbocycles. The van der Waals surface area contributed by atoms with E-state index in [0.29, 0.717) is 18.0 Å². The minimum absolute atomic E-state index is 0.0314. The number of nitrogens with zero attached hydrogens (tertiary/aromatic N) is 1. The lowest BCUT2D eigenvalue weighted by molar-refractivity contribution is -0.125. The van der Waals surface area contributed by atoms with Gasteiger partial charge in [0.25, 0.3) is 0 Å². The zero-order chi connectivity index (χ0) is 18.9. The third-order valence-corrected chi connectivity index (χ3v) is 4.48. The standard InChI is InChI=1S/C21H28N2O3/c1-16(23(2)15-18-8-6-5-7-9-18)21(24)22-13-12-17-10-11-19(25-3)20(14-17)26-4/h5-11,14,16H,12-13,15H2,1-4H3,(H,22,24)/t16-/m1/s1. The third-order valence-electron chi connectivity index (χ3n) is 4.48. The summed E-state index contributed by atoms with van der Waals surface area (Å²) in [5, 5.41) is 3.01. The molecule has 1 N–H and O–H groups in total. The monoisotopic (exact) mass is 356 g/mol. The van der Waals surface area contributed by atoms with Gasteiger partial charge in [0.2, 0.25) is 5.91 Å². The third kappa shape index (κ3) is 5.49. The van der Waals surface area contributed by atoms with E-state index in [9.17, 15) is 4.79 Å². The Bertz CT molecular complexity index is 704. The molecule has 0 fully saturated rings. The molecule has 0 aromatic heterocycles. The Morgan fingerprint density at radius 1 is 1.04 bits per heavy atom. The molecule has 5 heteroatoms. The molecule has 5 nitrogen and oxygen atoms in total. The first-order chi connectivity index (χ1) is 12.5. The zero-order valence-electron chi connectivity index (χ0n) is 16.0. The fourth-order valence-electron chi connectivity index (χ4n) is 2.72. The molecule has 140 valence electrons. The van der Waals surface area contributed by atoms with Gasteiger partial charge in [-0.15, -0.1) is 0 Å². The molecule has 2 aromatic carbocycles. The van der Waals surface area contributed by atoms with E-state index in [1.165, 1.54) is 5.56 Å². The minimum atomic E-state index is -0.194. The van der Waals surface area contributed by atoms with Crippen LogP contribution in [0.25, 0.3) is 0 Å². The summed E-state index contributed by atoms with van der Waals surface area (Å²) < 4.78 is 10.6. The summed E-state index contributed by atoms with van der Waals surface area (Å²) >= 11 is 0. The molecule has 1 amide bonds. The Balaban J connectivity index is 1.82. The van der Waals surface area contributed by atoms with Crippen LogP contribution in [0, 0.1) is 0 Å². The molecule has 0 aliphatic rings. The van der Waals surface area contributed by atoms with E-state index in [0.717, 1.165) is 18.5 Å². The van der Waals surface area contributed by atoms with Gasteiger partial charge in [-0.05, 0) is 43.7 Å². The second kappa shape index (κ2) is 9.82. The molecule has 0 aliphatic heterocycles. The van der Waals surface area contributed by atoms with E-state index in [1.807, 2.05) is 55.3 Å². The van der Waals surface area contributed by atoms with E-state index < -0.39 is 0 Å². The van der Waals surface area contributed by atoms with Gasteiger partial charge in [0, 0.05) is 13.1 Å². The number of methoxy groups -OCH3 is 2. The summed E-state index contributed by atoms with van der Waals surface area (Å²) in [6.45, 7) is 3.25. The first kappa shape index (κ1) is 19.8. The van der Waals surface area contributed by atoms with Crippen molar-refractivity contribution in [1.82, 2.24) is 10.2 Å². The molecule has 0 spiro atoms. The first-order valence-electron chi connectivity index (χ1n) is 8.78. The topological polar surface area (TPSA) is 50.8 Å². The van der Waals surface area contributed by atoms with Crippen molar-refractivity contribution in [3.8, 4) is 11.5 Å². The molecule has 1 atom stereocenters. The van der Waals surface area contributed by atoms with Crippen LogP contribution in [0.15, 0.2) is 48.5 Å². The lowest BCUT2D eigenvalue weighted by Gasteiger charge is -2.24. The molecule has 0 heterocycles. The number of likely N-dealkylation sites (N-methyl/N-ethyl adjacent to an activating group) is 1. The Hall–Kier alpha value is -2.53. The Kier molecular flexibility index (Phi) is 7.48. The number of nitrogens with one attached hydrogen (secondary N) is 1. The van der Waals surface area contributed by atoms with E-state index in [2.05, 4.69) is 17.4 Å². The van der Waals surface area contributed by atoms with Crippen LogP contribution >= 0.6 is 0 Å². The second-order valence-electron chi connectivity index (χ2n) is 6.31. The van der Waals surface area contributed by atoms with Crippen molar-refractivity contribution >= 4 is 5.91 Å². The van der Waals surface area contributed by atoms with Crippen molar-refractivity contribution in [1.29, 1.82) is 0 Å². The van der Waals surface area contributed by atoms with Crippen molar-refractivity contribution in [2.24, 2.45) is 0 Å². The Morgan fingerprint density at radius 3 is 2.38 bits per heavy atom. The summed E-state index contributed by atoms with van der Waals surface area (Å²) in [5.41, 5.74) is 2.29. The average Bonchev–Trinajstić information content (AvgIpc) is 2.67. The molecule has 2 rings (SSSR count). The van der Waals surface area contributed by atoms with Crippen LogP contribution in [0.3, 0.4) is 0 Å². The van der Waals surface area contributed by atoms with Crippen molar-refractivity contribution in [2.75, 3.05) is 27.8 Å². The maximum atomic E-state index is 12.4. The van der Waals surface area contributed by atoms with Crippen LogP contribution in [-0.4, -0.2) is 44.7 Å². The van der Waals surface area contributed by atoms with Crippen molar-refractivity contribution in [3.05, 3.63) is 59.7 Å². The lowest BCUT2D eigenvalue weighted by Crippen LogP contribution is -2.43. The molecular formula is C21H28N2O3. The van der Waals surface area contributed by atoms with Gasteiger partial charge in [-0.25, -0.2) is 0 Å². The minimum Gasteiger partial charge on any atom is -0.493 e. The number of ether oxygens (including phenoxy) is 2. The number of hydrogen-bond donors (Lipinski definition) is 1. The van der Waals surface area contributed by atoms with Crippen LogP contribution in [0.5, 0.6) is 11.5 Å². The van der Waals surface area contributed by atoms with Gasteiger partial charge in [-0.3, -0.25) is 9.69 Å². The summed E-state index contributed by atoms with van der Waals surface area (Å²) in [6, 6.07) is 15.8. The SMILES string of the molecule is COc1ccc(CCNC(=O)[C@@H](C)N(C)Cc2ccccc2)cc1OC. The smallest absolute Gasteiger partial charge is 0.237 e. The first-order valence-corrected chi connectivity index (χ1v) is 8.78. The summed E-state index contributed by atoms with van der Waals surface area (Å²) in [7, 11) is 5.20. The lowest BCUT2D eigenvalue weighted by atomic mass is 10.1. The summed E-state index contributed by atoms with van der Waals surface area (Å²) in [5.74, 6) is 1.44. The normalized spacial score (nSPS) is 11.9. The molecule has 0 unspecified atom stereocenters. The highest BCUT2D eigenvalue weighted by molar-refractivity contribution is 5.81. The second-order valence-corrected chi connectivity index (χ2v) is 6.31. The number of carbonyl (C=O) groups excluding carboxylic acids is 1. The predicted octanol–water partition coefficient (Wildman–Crippen LogP) is 2.88. The number of carbonyl (C=O) groups is 1. The van der Waals surface area contributed by atoms with Gasteiger partial charge < -0.3 is 14.8 Å². The summed E-state index contributed by atoms with van der Waals surface area (Å²) in [4.78, 5) is 14.4. The Morgan fingerprint density at radius 2 is 1.73 bits per heavy atom. The van der Waals surface area contributed by atoms with Crippen LogP contribution < -0.4 is 14.8 Å².